The van der Waals surface area contributed by atoms with E-state index < -0.39 is 20.6 Å². The Balaban J connectivity index is 1.69. The monoisotopic (exact) mass is 386 g/mol. The first-order valence-electron chi connectivity index (χ1n) is 8.21. The Hall–Kier alpha value is -3.04. The molecule has 0 saturated heterocycles. The van der Waals surface area contributed by atoms with Crippen LogP contribution >= 0.6 is 0 Å². The number of aromatic nitrogens is 1. The summed E-state index contributed by atoms with van der Waals surface area (Å²) in [5.74, 6) is 0. The van der Waals surface area contributed by atoms with Crippen molar-refractivity contribution in [2.45, 2.75) is 11.8 Å². The third-order valence-corrected chi connectivity index (χ3v) is 5.57. The molecule has 9 heteroatoms. The number of para-hydroxylation sites is 2. The van der Waals surface area contributed by atoms with Gasteiger partial charge in [0.1, 0.15) is 0 Å². The van der Waals surface area contributed by atoms with Gasteiger partial charge < -0.3 is 5.32 Å². The number of nitro groups is 1. The van der Waals surface area contributed by atoms with E-state index >= 15 is 0 Å². The topological polar surface area (TPSA) is 114 Å². The maximum absolute atomic E-state index is 12.4. The Labute approximate surface area is 156 Å². The number of hydrogen-bond donors (Lipinski definition) is 2. The fourth-order valence-corrected chi connectivity index (χ4v) is 3.98. The number of sulfonamides is 1. The summed E-state index contributed by atoms with van der Waals surface area (Å²) in [6.07, 6.45) is 1.69. The molecule has 1 aromatic heterocycles. The summed E-state index contributed by atoms with van der Waals surface area (Å²) in [5, 5.41) is 15.1. The largest absolute Gasteiger partial charge is 0.383 e. The minimum Gasteiger partial charge on any atom is -0.383 e. The molecule has 0 saturated carbocycles. The average molecular weight is 386 g/mol. The molecule has 2 aromatic carbocycles. The Kier molecular flexibility index (Phi) is 5.33. The number of nitrogens with one attached hydrogen (secondary N) is 2. The molecule has 0 spiro atoms. The summed E-state index contributed by atoms with van der Waals surface area (Å²) in [6, 6.07) is 12.9. The maximum Gasteiger partial charge on any atom is 0.289 e. The van der Waals surface area contributed by atoms with E-state index in [1.165, 1.54) is 18.2 Å². The Morgan fingerprint density at radius 1 is 1.07 bits per heavy atom. The van der Waals surface area contributed by atoms with E-state index in [0.29, 0.717) is 6.54 Å². The number of rotatable bonds is 7. The highest BCUT2D eigenvalue weighted by Gasteiger charge is 2.24. The van der Waals surface area contributed by atoms with Gasteiger partial charge in [-0.25, -0.2) is 13.1 Å². The number of fused-ring (bicyclic) bond motifs is 1. The molecule has 140 valence electrons. The summed E-state index contributed by atoms with van der Waals surface area (Å²) in [4.78, 5) is 14.3. The van der Waals surface area contributed by atoms with Crippen LogP contribution in [0.15, 0.2) is 59.6 Å². The predicted molar refractivity (Wildman–Crippen MR) is 103 cm³/mol. The van der Waals surface area contributed by atoms with Crippen molar-refractivity contribution in [3.8, 4) is 0 Å². The third-order valence-electron chi connectivity index (χ3n) is 4.06. The first-order valence-corrected chi connectivity index (χ1v) is 9.70. The van der Waals surface area contributed by atoms with Crippen LogP contribution in [0.5, 0.6) is 0 Å². The smallest absolute Gasteiger partial charge is 0.289 e. The Morgan fingerprint density at radius 3 is 2.63 bits per heavy atom. The van der Waals surface area contributed by atoms with Crippen LogP contribution in [-0.2, 0) is 10.0 Å². The molecule has 8 nitrogen and oxygen atoms in total. The Morgan fingerprint density at radius 2 is 1.85 bits per heavy atom. The molecule has 2 N–H and O–H groups in total. The molecular weight excluding hydrogens is 368 g/mol. The van der Waals surface area contributed by atoms with Crippen molar-refractivity contribution in [3.63, 3.8) is 0 Å². The van der Waals surface area contributed by atoms with Crippen molar-refractivity contribution in [2.75, 3.05) is 18.4 Å². The standard InChI is InChI=1S/C18H18N4O4S/c1-13-5-4-6-14-15(9-10-20-18(13)14)19-11-12-21-27(25,26)17-8-3-2-7-16(17)22(23)24/h2-10,21H,11-12H2,1H3,(H,19,20). The van der Waals surface area contributed by atoms with Gasteiger partial charge in [-0.15, -0.1) is 0 Å². The molecule has 0 bridgehead atoms. The highest BCUT2D eigenvalue weighted by molar-refractivity contribution is 7.89. The number of anilines is 1. The normalized spacial score (nSPS) is 11.4. The number of pyridine rings is 1. The van der Waals surface area contributed by atoms with Gasteiger partial charge in [0.2, 0.25) is 10.0 Å². The lowest BCUT2D eigenvalue weighted by Gasteiger charge is -2.11. The first-order chi connectivity index (χ1) is 12.9. The van der Waals surface area contributed by atoms with Gasteiger partial charge in [0.25, 0.3) is 5.69 Å². The second kappa shape index (κ2) is 7.68. The van der Waals surface area contributed by atoms with Crippen molar-refractivity contribution in [3.05, 3.63) is 70.4 Å². The number of benzene rings is 2. The minimum atomic E-state index is -3.98. The van der Waals surface area contributed by atoms with Gasteiger partial charge in [0, 0.05) is 36.4 Å². The van der Waals surface area contributed by atoms with Crippen molar-refractivity contribution in [2.24, 2.45) is 0 Å². The van der Waals surface area contributed by atoms with Crippen LogP contribution in [0, 0.1) is 17.0 Å². The number of nitro benzene ring substituents is 1. The van der Waals surface area contributed by atoms with Crippen LogP contribution in [-0.4, -0.2) is 31.4 Å². The van der Waals surface area contributed by atoms with Gasteiger partial charge in [0.05, 0.1) is 10.4 Å². The van der Waals surface area contributed by atoms with E-state index in [0.717, 1.165) is 28.2 Å². The van der Waals surface area contributed by atoms with Gasteiger partial charge in [-0.1, -0.05) is 30.3 Å². The second-order valence-electron chi connectivity index (χ2n) is 5.88. The molecule has 0 unspecified atom stereocenters. The second-order valence-corrected chi connectivity index (χ2v) is 7.61. The lowest BCUT2D eigenvalue weighted by molar-refractivity contribution is -0.387. The van der Waals surface area contributed by atoms with Crippen molar-refractivity contribution < 1.29 is 13.3 Å². The first kappa shape index (κ1) is 18.7. The van der Waals surface area contributed by atoms with Crippen LogP contribution < -0.4 is 10.0 Å². The zero-order chi connectivity index (χ0) is 19.4. The lowest BCUT2D eigenvalue weighted by Crippen LogP contribution is -2.29. The van der Waals surface area contributed by atoms with Gasteiger partial charge in [0.15, 0.2) is 4.90 Å². The summed E-state index contributed by atoms with van der Waals surface area (Å²) in [6.45, 7) is 2.36. The van der Waals surface area contributed by atoms with Gasteiger partial charge >= 0.3 is 0 Å². The summed E-state index contributed by atoms with van der Waals surface area (Å²) >= 11 is 0. The molecule has 0 aliphatic carbocycles. The quantitative estimate of drug-likeness (QED) is 0.367. The number of aryl methyl sites for hydroxylation is 1. The van der Waals surface area contributed by atoms with Crippen LogP contribution in [0.4, 0.5) is 11.4 Å². The van der Waals surface area contributed by atoms with Crippen molar-refractivity contribution >= 4 is 32.3 Å². The zero-order valence-corrected chi connectivity index (χ0v) is 15.4. The minimum absolute atomic E-state index is 0.0734. The van der Waals surface area contributed by atoms with Crippen LogP contribution in [0.3, 0.4) is 0 Å². The van der Waals surface area contributed by atoms with Crippen LogP contribution in [0.2, 0.25) is 0 Å². The van der Waals surface area contributed by atoms with Crippen molar-refractivity contribution in [1.29, 1.82) is 0 Å². The molecule has 1 heterocycles. The highest BCUT2D eigenvalue weighted by Crippen LogP contribution is 2.24. The Bertz CT molecular complexity index is 1100. The maximum atomic E-state index is 12.4. The van der Waals surface area contributed by atoms with Gasteiger partial charge in [-0.05, 0) is 24.6 Å². The van der Waals surface area contributed by atoms with E-state index in [2.05, 4.69) is 15.0 Å². The van der Waals surface area contributed by atoms with Crippen molar-refractivity contribution in [1.82, 2.24) is 9.71 Å². The van der Waals surface area contributed by atoms with E-state index in [1.807, 2.05) is 31.2 Å². The van der Waals surface area contributed by atoms with E-state index in [9.17, 15) is 18.5 Å². The van der Waals surface area contributed by atoms with Gasteiger partial charge in [-0.2, -0.15) is 0 Å². The number of hydrogen-bond acceptors (Lipinski definition) is 6. The molecular formula is C18H18N4O4S. The molecule has 0 fully saturated rings. The fraction of sp³-hybridized carbons (Fsp3) is 0.167. The van der Waals surface area contributed by atoms with E-state index in [1.54, 1.807) is 6.20 Å². The predicted octanol–water partition coefficient (Wildman–Crippen LogP) is 2.84. The van der Waals surface area contributed by atoms with E-state index in [-0.39, 0.29) is 11.4 Å². The fourth-order valence-electron chi connectivity index (χ4n) is 2.77. The summed E-state index contributed by atoms with van der Waals surface area (Å²) < 4.78 is 27.1. The SMILES string of the molecule is Cc1cccc2c(NCCNS(=O)(=O)c3ccccc3[N+](=O)[O-])ccnc12. The molecule has 0 radical (unpaired) electrons. The number of nitrogens with zero attached hydrogens (tertiary/aromatic N) is 2. The average Bonchev–Trinajstić information content (AvgIpc) is 2.66. The lowest BCUT2D eigenvalue weighted by atomic mass is 10.1. The molecule has 0 amide bonds. The molecule has 0 atom stereocenters. The summed E-state index contributed by atoms with van der Waals surface area (Å²) in [5.41, 5.74) is 2.32. The molecule has 3 aromatic rings. The molecule has 27 heavy (non-hydrogen) atoms. The van der Waals surface area contributed by atoms with E-state index in [4.69, 9.17) is 0 Å². The summed E-state index contributed by atoms with van der Waals surface area (Å²) in [7, 11) is -3.98. The molecule has 3 rings (SSSR count). The third kappa shape index (κ3) is 4.04. The highest BCUT2D eigenvalue weighted by atomic mass is 32.2. The molecule has 0 aliphatic rings. The van der Waals surface area contributed by atoms with Crippen LogP contribution in [0.1, 0.15) is 5.56 Å². The zero-order valence-electron chi connectivity index (χ0n) is 14.5. The van der Waals surface area contributed by atoms with Crippen LogP contribution in [0.25, 0.3) is 10.9 Å². The van der Waals surface area contributed by atoms with Gasteiger partial charge in [-0.3, -0.25) is 15.1 Å². The molecule has 0 aliphatic heterocycles.